The Hall–Kier alpha value is -2.20. The summed E-state index contributed by atoms with van der Waals surface area (Å²) >= 11 is 7.30. The number of hydrogen-bond acceptors (Lipinski definition) is 5. The lowest BCUT2D eigenvalue weighted by Gasteiger charge is -2.29. The molecule has 3 aromatic rings. The average Bonchev–Trinajstić information content (AvgIpc) is 3.09. The van der Waals surface area contributed by atoms with Gasteiger partial charge in [0.25, 0.3) is 5.91 Å². The van der Waals surface area contributed by atoms with E-state index >= 15 is 0 Å². The van der Waals surface area contributed by atoms with Crippen molar-refractivity contribution in [3.05, 3.63) is 52.3 Å². The Kier molecular flexibility index (Phi) is 6.71. The van der Waals surface area contributed by atoms with Gasteiger partial charge in [-0.3, -0.25) is 4.79 Å². The van der Waals surface area contributed by atoms with Crippen molar-refractivity contribution < 1.29 is 17.9 Å². The molecule has 1 aromatic heterocycles. The van der Waals surface area contributed by atoms with Crippen molar-refractivity contribution in [1.29, 1.82) is 0 Å². The minimum atomic E-state index is -3.60. The zero-order valence-corrected chi connectivity index (χ0v) is 20.2. The first kappa shape index (κ1) is 23.0. The minimum Gasteiger partial charge on any atom is -0.494 e. The highest BCUT2D eigenvalue weighted by atomic mass is 35.5. The van der Waals surface area contributed by atoms with Crippen LogP contribution in [-0.2, 0) is 21.9 Å². The molecule has 10 heteroatoms. The summed E-state index contributed by atoms with van der Waals surface area (Å²) in [4.78, 5) is 18.0. The van der Waals surface area contributed by atoms with Crippen LogP contribution < -0.4 is 9.54 Å². The molecule has 4 rings (SSSR count). The van der Waals surface area contributed by atoms with Gasteiger partial charge in [-0.05, 0) is 62.2 Å². The maximum Gasteiger partial charge on any atom is 0.251 e. The van der Waals surface area contributed by atoms with Crippen molar-refractivity contribution >= 4 is 49.1 Å². The summed E-state index contributed by atoms with van der Waals surface area (Å²) in [6.45, 7) is 3.09. The van der Waals surface area contributed by atoms with E-state index in [9.17, 15) is 13.2 Å². The van der Waals surface area contributed by atoms with Crippen LogP contribution in [0.15, 0.2) is 52.4 Å². The Morgan fingerprint density at radius 3 is 2.53 bits per heavy atom. The summed E-state index contributed by atoms with van der Waals surface area (Å²) in [6.07, 6.45) is 0.885. The maximum atomic E-state index is 12.8. The summed E-state index contributed by atoms with van der Waals surface area (Å²) < 4.78 is 35.6. The van der Waals surface area contributed by atoms with E-state index in [1.54, 1.807) is 12.1 Å². The van der Waals surface area contributed by atoms with Crippen LogP contribution in [0.3, 0.4) is 0 Å². The van der Waals surface area contributed by atoms with E-state index < -0.39 is 10.0 Å². The molecule has 170 valence electrons. The fraction of sp³-hybridized carbons (Fsp3) is 0.364. The molecule has 2 heterocycles. The molecule has 2 aromatic carbocycles. The van der Waals surface area contributed by atoms with Crippen molar-refractivity contribution in [2.45, 2.75) is 24.7 Å². The topological polar surface area (TPSA) is 81.0 Å². The first-order valence-corrected chi connectivity index (χ1v) is 13.0. The standard InChI is InChI=1S/C22H24ClN3O4S2/c1-3-30-17-6-9-19-20(14-17)31-22(25(19)2)24-21(27)15-10-12-26(13-11-15)32(28,29)18-7-4-16(23)5-8-18/h4-9,14-15H,3,10-13H2,1-2H3. The number of rotatable bonds is 5. The van der Waals surface area contributed by atoms with Gasteiger partial charge in [-0.25, -0.2) is 8.42 Å². The number of amides is 1. The van der Waals surface area contributed by atoms with Crippen LogP contribution in [-0.4, -0.2) is 42.9 Å². The van der Waals surface area contributed by atoms with Gasteiger partial charge in [-0.1, -0.05) is 22.9 Å². The number of aromatic nitrogens is 1. The fourth-order valence-electron chi connectivity index (χ4n) is 3.76. The molecule has 0 saturated carbocycles. The number of halogens is 1. The van der Waals surface area contributed by atoms with Crippen molar-refractivity contribution in [2.75, 3.05) is 19.7 Å². The Morgan fingerprint density at radius 2 is 1.88 bits per heavy atom. The Morgan fingerprint density at radius 1 is 1.19 bits per heavy atom. The van der Waals surface area contributed by atoms with Gasteiger partial charge in [0.15, 0.2) is 4.80 Å². The second-order valence-electron chi connectivity index (χ2n) is 7.59. The fourth-order valence-corrected chi connectivity index (χ4v) is 6.41. The number of carbonyl (C=O) groups is 1. The zero-order valence-electron chi connectivity index (χ0n) is 17.8. The summed E-state index contributed by atoms with van der Waals surface area (Å²) in [5.41, 5.74) is 0.980. The molecule has 0 unspecified atom stereocenters. The highest BCUT2D eigenvalue weighted by Gasteiger charge is 2.32. The predicted octanol–water partition coefficient (Wildman–Crippen LogP) is 3.82. The number of ether oxygens (including phenoxy) is 1. The molecule has 1 saturated heterocycles. The van der Waals surface area contributed by atoms with Gasteiger partial charge < -0.3 is 9.30 Å². The van der Waals surface area contributed by atoms with Crippen LogP contribution in [0.25, 0.3) is 10.2 Å². The number of sulfonamides is 1. The highest BCUT2D eigenvalue weighted by molar-refractivity contribution is 7.89. The summed E-state index contributed by atoms with van der Waals surface area (Å²) in [5, 5.41) is 0.485. The second kappa shape index (κ2) is 9.35. The van der Waals surface area contributed by atoms with E-state index in [1.165, 1.54) is 27.8 Å². The second-order valence-corrected chi connectivity index (χ2v) is 11.0. The van der Waals surface area contributed by atoms with E-state index in [0.717, 1.165) is 16.0 Å². The quantitative estimate of drug-likeness (QED) is 0.541. The minimum absolute atomic E-state index is 0.208. The maximum absolute atomic E-state index is 12.8. The SMILES string of the molecule is CCOc1ccc2c(c1)sc(=NC(=O)C1CCN(S(=O)(=O)c3ccc(Cl)cc3)CC1)n2C. The molecule has 1 fully saturated rings. The van der Waals surface area contributed by atoms with Crippen molar-refractivity contribution in [3.8, 4) is 5.75 Å². The van der Waals surface area contributed by atoms with Crippen LogP contribution in [0.5, 0.6) is 5.75 Å². The molecular weight excluding hydrogens is 470 g/mol. The largest absolute Gasteiger partial charge is 0.494 e. The molecule has 0 bridgehead atoms. The number of hydrogen-bond donors (Lipinski definition) is 0. The predicted molar refractivity (Wildman–Crippen MR) is 125 cm³/mol. The summed E-state index contributed by atoms with van der Waals surface area (Å²) in [7, 11) is -1.72. The van der Waals surface area contributed by atoms with Gasteiger partial charge in [-0.15, -0.1) is 0 Å². The molecule has 0 aliphatic carbocycles. The van der Waals surface area contributed by atoms with Gasteiger partial charge in [0.05, 0.1) is 21.7 Å². The molecule has 0 atom stereocenters. The lowest BCUT2D eigenvalue weighted by atomic mass is 9.98. The van der Waals surface area contributed by atoms with E-state index in [2.05, 4.69) is 4.99 Å². The number of benzene rings is 2. The molecular formula is C22H24ClN3O4S2. The number of piperidine rings is 1. The number of aryl methyl sites for hydroxylation is 1. The molecule has 0 spiro atoms. The van der Waals surface area contributed by atoms with Crippen molar-refractivity contribution in [2.24, 2.45) is 18.0 Å². The zero-order chi connectivity index (χ0) is 22.9. The van der Waals surface area contributed by atoms with Gasteiger partial charge >= 0.3 is 0 Å². The third-order valence-electron chi connectivity index (χ3n) is 5.55. The normalized spacial score (nSPS) is 16.5. The van der Waals surface area contributed by atoms with Gasteiger partial charge in [0.1, 0.15) is 5.75 Å². The van der Waals surface area contributed by atoms with E-state index in [0.29, 0.717) is 29.3 Å². The lowest BCUT2D eigenvalue weighted by molar-refractivity contribution is -0.122. The molecule has 1 aliphatic rings. The first-order valence-electron chi connectivity index (χ1n) is 10.4. The summed E-state index contributed by atoms with van der Waals surface area (Å²) in [5.74, 6) is 0.283. The molecule has 0 radical (unpaired) electrons. The van der Waals surface area contributed by atoms with Gasteiger partial charge in [0.2, 0.25) is 10.0 Å². The number of fused-ring (bicyclic) bond motifs is 1. The third-order valence-corrected chi connectivity index (χ3v) is 8.81. The Labute approximate surface area is 196 Å². The average molecular weight is 494 g/mol. The number of thiazole rings is 1. The van der Waals surface area contributed by atoms with Crippen LogP contribution in [0.1, 0.15) is 19.8 Å². The van der Waals surface area contributed by atoms with Crippen molar-refractivity contribution in [3.63, 3.8) is 0 Å². The molecule has 1 aliphatic heterocycles. The molecule has 7 nitrogen and oxygen atoms in total. The summed E-state index contributed by atoms with van der Waals surface area (Å²) in [6, 6.07) is 11.9. The van der Waals surface area contributed by atoms with Gasteiger partial charge in [-0.2, -0.15) is 9.30 Å². The van der Waals surface area contributed by atoms with E-state index in [1.807, 2.05) is 36.7 Å². The third kappa shape index (κ3) is 4.61. The van der Waals surface area contributed by atoms with Crippen LogP contribution >= 0.6 is 22.9 Å². The Bertz CT molecular complexity index is 1310. The molecule has 0 N–H and O–H groups in total. The monoisotopic (exact) mass is 493 g/mol. The highest BCUT2D eigenvalue weighted by Crippen LogP contribution is 2.26. The van der Waals surface area contributed by atoms with Crippen LogP contribution in [0.2, 0.25) is 5.02 Å². The number of nitrogens with zero attached hydrogens (tertiary/aromatic N) is 3. The van der Waals surface area contributed by atoms with Crippen LogP contribution in [0, 0.1) is 5.92 Å². The smallest absolute Gasteiger partial charge is 0.251 e. The first-order chi connectivity index (χ1) is 15.3. The van der Waals surface area contributed by atoms with Gasteiger partial charge in [0, 0.05) is 31.1 Å². The Balaban J connectivity index is 1.48. The molecule has 1 amide bonds. The van der Waals surface area contributed by atoms with Crippen LogP contribution in [0.4, 0.5) is 0 Å². The molecule has 32 heavy (non-hydrogen) atoms. The lowest BCUT2D eigenvalue weighted by Crippen LogP contribution is -2.40. The van der Waals surface area contributed by atoms with E-state index in [-0.39, 0.29) is 29.8 Å². The van der Waals surface area contributed by atoms with E-state index in [4.69, 9.17) is 16.3 Å². The van der Waals surface area contributed by atoms with Crippen molar-refractivity contribution in [1.82, 2.24) is 8.87 Å². The number of carbonyl (C=O) groups excluding carboxylic acids is 1.